The minimum absolute atomic E-state index is 0.105. The number of aromatic amines is 1. The Balaban J connectivity index is 2.26. The number of furan rings is 1. The molecule has 0 saturated carbocycles. The van der Waals surface area contributed by atoms with E-state index in [9.17, 15) is 23.1 Å². The summed E-state index contributed by atoms with van der Waals surface area (Å²) in [6, 6.07) is 8.51. The maximum Gasteiger partial charge on any atom is 0.449 e. The Bertz CT molecular complexity index is 829. The zero-order chi connectivity index (χ0) is 15.2. The Morgan fingerprint density at radius 2 is 1.86 bits per heavy atom. The third kappa shape index (κ3) is 2.16. The smallest absolute Gasteiger partial charge is 0.449 e. The molecule has 0 unspecified atom stereocenters. The van der Waals surface area contributed by atoms with Crippen LogP contribution in [0.3, 0.4) is 0 Å². The van der Waals surface area contributed by atoms with E-state index in [2.05, 4.69) is 4.98 Å². The highest BCUT2D eigenvalue weighted by Crippen LogP contribution is 2.37. The first-order valence-corrected chi connectivity index (χ1v) is 5.89. The quantitative estimate of drug-likeness (QED) is 0.746. The third-order valence-electron chi connectivity index (χ3n) is 3.05. The molecule has 0 radical (unpaired) electrons. The summed E-state index contributed by atoms with van der Waals surface area (Å²) >= 11 is 0. The van der Waals surface area contributed by atoms with E-state index in [0.717, 1.165) is 12.1 Å². The predicted molar refractivity (Wildman–Crippen MR) is 68.0 cm³/mol. The minimum atomic E-state index is -4.62. The molecule has 0 atom stereocenters. The van der Waals surface area contributed by atoms with Gasteiger partial charge in [-0.1, -0.05) is 18.2 Å². The summed E-state index contributed by atoms with van der Waals surface area (Å²) in [5.74, 6) is -2.58. The van der Waals surface area contributed by atoms with Gasteiger partial charge in [0.2, 0.25) is 5.76 Å². The van der Waals surface area contributed by atoms with Crippen molar-refractivity contribution in [3.63, 3.8) is 0 Å². The van der Waals surface area contributed by atoms with Crippen LogP contribution in [0.5, 0.6) is 0 Å². The first-order valence-electron chi connectivity index (χ1n) is 5.89. The number of halogens is 3. The number of para-hydroxylation sites is 1. The van der Waals surface area contributed by atoms with Crippen molar-refractivity contribution in [2.75, 3.05) is 0 Å². The Kier molecular flexibility index (Phi) is 2.79. The number of carboxylic acids is 1. The number of rotatable bonds is 2. The highest BCUT2D eigenvalue weighted by atomic mass is 19.4. The van der Waals surface area contributed by atoms with Crippen LogP contribution in [0.4, 0.5) is 13.2 Å². The second-order valence-corrected chi connectivity index (χ2v) is 4.39. The van der Waals surface area contributed by atoms with E-state index in [4.69, 9.17) is 4.42 Å². The molecule has 21 heavy (non-hydrogen) atoms. The fourth-order valence-corrected chi connectivity index (χ4v) is 2.18. The number of alkyl halides is 3. The first kappa shape index (κ1) is 13.3. The lowest BCUT2D eigenvalue weighted by molar-refractivity contribution is -0.152. The molecule has 2 N–H and O–H groups in total. The van der Waals surface area contributed by atoms with Crippen LogP contribution in [0.1, 0.15) is 16.2 Å². The van der Waals surface area contributed by atoms with Crippen LogP contribution >= 0.6 is 0 Å². The van der Waals surface area contributed by atoms with Crippen molar-refractivity contribution < 1.29 is 27.5 Å². The summed E-state index contributed by atoms with van der Waals surface area (Å²) in [6.45, 7) is 0. The van der Waals surface area contributed by atoms with Gasteiger partial charge in [-0.05, 0) is 18.2 Å². The van der Waals surface area contributed by atoms with Crippen molar-refractivity contribution >= 4 is 16.9 Å². The molecular formula is C14H8F3NO3. The molecular weight excluding hydrogens is 287 g/mol. The molecule has 1 aromatic carbocycles. The van der Waals surface area contributed by atoms with Crippen LogP contribution in [-0.4, -0.2) is 16.1 Å². The van der Waals surface area contributed by atoms with E-state index in [1.165, 1.54) is 0 Å². The number of hydrogen-bond acceptors (Lipinski definition) is 2. The van der Waals surface area contributed by atoms with Gasteiger partial charge in [-0.3, -0.25) is 0 Å². The van der Waals surface area contributed by atoms with Gasteiger partial charge in [0, 0.05) is 10.9 Å². The summed E-state index contributed by atoms with van der Waals surface area (Å²) in [4.78, 5) is 13.9. The van der Waals surface area contributed by atoms with Crippen LogP contribution in [0.2, 0.25) is 0 Å². The standard InChI is InChI=1S/C14H8F3NO3/c15-14(16,17)10-6-5-9(21-10)11-7-3-1-2-4-8(7)18-12(11)13(19)20/h1-6,18H,(H,19,20). The molecule has 0 aliphatic rings. The third-order valence-corrected chi connectivity index (χ3v) is 3.05. The van der Waals surface area contributed by atoms with Crippen LogP contribution in [0, 0.1) is 0 Å². The molecule has 0 fully saturated rings. The first-order chi connectivity index (χ1) is 9.88. The monoisotopic (exact) mass is 295 g/mol. The van der Waals surface area contributed by atoms with Gasteiger partial charge < -0.3 is 14.5 Å². The number of H-pyrrole nitrogens is 1. The fraction of sp³-hybridized carbons (Fsp3) is 0.0714. The zero-order valence-corrected chi connectivity index (χ0v) is 10.4. The second kappa shape index (κ2) is 4.41. The summed E-state index contributed by atoms with van der Waals surface area (Å²) in [5, 5.41) is 9.68. The van der Waals surface area contributed by atoms with E-state index in [0.29, 0.717) is 10.9 Å². The maximum atomic E-state index is 12.6. The lowest BCUT2D eigenvalue weighted by atomic mass is 10.1. The summed E-state index contributed by atoms with van der Waals surface area (Å²) < 4.78 is 42.6. The zero-order valence-electron chi connectivity index (χ0n) is 10.4. The minimum Gasteiger partial charge on any atom is -0.477 e. The lowest BCUT2D eigenvalue weighted by Crippen LogP contribution is -2.02. The van der Waals surface area contributed by atoms with Crippen molar-refractivity contribution in [2.45, 2.75) is 6.18 Å². The lowest BCUT2D eigenvalue weighted by Gasteiger charge is -2.01. The number of aromatic carboxylic acids is 1. The van der Waals surface area contributed by atoms with E-state index in [-0.39, 0.29) is 17.0 Å². The van der Waals surface area contributed by atoms with Gasteiger partial charge in [-0.2, -0.15) is 13.2 Å². The van der Waals surface area contributed by atoms with E-state index < -0.39 is 17.9 Å². The van der Waals surface area contributed by atoms with Crippen LogP contribution in [0.15, 0.2) is 40.8 Å². The molecule has 0 aliphatic carbocycles. The number of aromatic nitrogens is 1. The second-order valence-electron chi connectivity index (χ2n) is 4.39. The number of benzene rings is 1. The molecule has 2 aromatic heterocycles. The molecule has 0 amide bonds. The van der Waals surface area contributed by atoms with Gasteiger partial charge in [0.15, 0.2) is 0 Å². The SMILES string of the molecule is O=C(O)c1[nH]c2ccccc2c1-c1ccc(C(F)(F)F)o1. The summed E-state index contributed by atoms with van der Waals surface area (Å²) in [7, 11) is 0. The van der Waals surface area contributed by atoms with E-state index in [1.54, 1.807) is 24.3 Å². The van der Waals surface area contributed by atoms with Crippen molar-refractivity contribution in [3.05, 3.63) is 47.9 Å². The molecule has 3 rings (SSSR count). The average molecular weight is 295 g/mol. The molecule has 7 heteroatoms. The number of nitrogens with one attached hydrogen (secondary N) is 1. The molecule has 3 aromatic rings. The van der Waals surface area contributed by atoms with Crippen LogP contribution in [-0.2, 0) is 6.18 Å². The largest absolute Gasteiger partial charge is 0.477 e. The van der Waals surface area contributed by atoms with Gasteiger partial charge in [0.05, 0.1) is 5.56 Å². The van der Waals surface area contributed by atoms with Crippen molar-refractivity contribution in [1.29, 1.82) is 0 Å². The number of carboxylic acid groups (broad SMARTS) is 1. The van der Waals surface area contributed by atoms with Crippen molar-refractivity contribution in [3.8, 4) is 11.3 Å². The summed E-state index contributed by atoms with van der Waals surface area (Å²) in [6.07, 6.45) is -4.62. The van der Waals surface area contributed by atoms with Gasteiger partial charge >= 0.3 is 12.1 Å². The van der Waals surface area contributed by atoms with E-state index >= 15 is 0 Å². The topological polar surface area (TPSA) is 66.2 Å². The molecule has 4 nitrogen and oxygen atoms in total. The normalized spacial score (nSPS) is 12.0. The number of carbonyl (C=O) groups is 1. The number of hydrogen-bond donors (Lipinski definition) is 2. The molecule has 0 aliphatic heterocycles. The molecule has 0 bridgehead atoms. The van der Waals surface area contributed by atoms with Gasteiger partial charge in [-0.15, -0.1) is 0 Å². The average Bonchev–Trinajstić information content (AvgIpc) is 3.01. The maximum absolute atomic E-state index is 12.6. The molecule has 2 heterocycles. The Morgan fingerprint density at radius 1 is 1.14 bits per heavy atom. The highest BCUT2D eigenvalue weighted by Gasteiger charge is 2.35. The van der Waals surface area contributed by atoms with Gasteiger partial charge in [-0.25, -0.2) is 4.79 Å². The highest BCUT2D eigenvalue weighted by molar-refractivity contribution is 6.06. The molecule has 108 valence electrons. The number of fused-ring (bicyclic) bond motifs is 1. The van der Waals surface area contributed by atoms with Crippen molar-refractivity contribution in [2.24, 2.45) is 0 Å². The Labute approximate surface area is 115 Å². The van der Waals surface area contributed by atoms with Gasteiger partial charge in [0.25, 0.3) is 0 Å². The van der Waals surface area contributed by atoms with Crippen LogP contribution < -0.4 is 0 Å². The molecule has 0 spiro atoms. The summed E-state index contributed by atoms with van der Waals surface area (Å²) in [5.41, 5.74) is 0.405. The molecule has 0 saturated heterocycles. The Hall–Kier alpha value is -2.70. The Morgan fingerprint density at radius 3 is 2.48 bits per heavy atom. The predicted octanol–water partition coefficient (Wildman–Crippen LogP) is 4.14. The van der Waals surface area contributed by atoms with Gasteiger partial charge in [0.1, 0.15) is 11.5 Å². The van der Waals surface area contributed by atoms with Crippen molar-refractivity contribution in [1.82, 2.24) is 4.98 Å². The van der Waals surface area contributed by atoms with Crippen LogP contribution in [0.25, 0.3) is 22.2 Å². The van der Waals surface area contributed by atoms with E-state index in [1.807, 2.05) is 0 Å². The fourth-order valence-electron chi connectivity index (χ4n) is 2.18.